The second-order valence-corrected chi connectivity index (χ2v) is 8.85. The first-order valence-electron chi connectivity index (χ1n) is 9.38. The second-order valence-electron chi connectivity index (χ2n) is 6.76. The summed E-state index contributed by atoms with van der Waals surface area (Å²) in [5, 5.41) is 0. The minimum absolute atomic E-state index is 0.139. The van der Waals surface area contributed by atoms with Crippen molar-refractivity contribution in [2.75, 3.05) is 26.2 Å². The molecule has 146 valence electrons. The van der Waals surface area contributed by atoms with Crippen LogP contribution in [0.3, 0.4) is 0 Å². The van der Waals surface area contributed by atoms with Crippen LogP contribution in [0.5, 0.6) is 0 Å². The van der Waals surface area contributed by atoms with E-state index in [1.54, 1.807) is 4.31 Å². The first-order valence-corrected chi connectivity index (χ1v) is 10.8. The van der Waals surface area contributed by atoms with Crippen LogP contribution in [0.2, 0.25) is 0 Å². The zero-order valence-corrected chi connectivity index (χ0v) is 18.2. The average molecular weight is 391 g/mol. The van der Waals surface area contributed by atoms with Gasteiger partial charge in [0.15, 0.2) is 0 Å². The van der Waals surface area contributed by atoms with E-state index in [-0.39, 0.29) is 11.9 Å². The number of imide groups is 1. The van der Waals surface area contributed by atoms with Crippen LogP contribution in [-0.4, -0.2) is 60.9 Å². The molecule has 6 nitrogen and oxygen atoms in total. The highest BCUT2D eigenvalue weighted by atomic mass is 32.2. The maximum atomic E-state index is 13.0. The van der Waals surface area contributed by atoms with Gasteiger partial charge in [0.2, 0.25) is 0 Å². The van der Waals surface area contributed by atoms with E-state index in [1.807, 2.05) is 13.8 Å². The van der Waals surface area contributed by atoms with Crippen molar-refractivity contribution >= 4 is 36.2 Å². The van der Waals surface area contributed by atoms with Gasteiger partial charge >= 0.3 is 6.03 Å². The Morgan fingerprint density at radius 1 is 0.800 bits per heavy atom. The van der Waals surface area contributed by atoms with Gasteiger partial charge in [0, 0.05) is 38.3 Å². The molecule has 0 spiro atoms. The highest BCUT2D eigenvalue weighted by Crippen LogP contribution is 2.39. The van der Waals surface area contributed by atoms with Gasteiger partial charge in [-0.1, -0.05) is 27.7 Å². The third kappa shape index (κ3) is 5.77. The molecule has 0 radical (unpaired) electrons. The highest BCUT2D eigenvalue weighted by molar-refractivity contribution is 7.97. The zero-order chi connectivity index (χ0) is 19.0. The van der Waals surface area contributed by atoms with Crippen molar-refractivity contribution in [3.8, 4) is 0 Å². The minimum atomic E-state index is -0.835. The number of rotatable bonds is 12. The lowest BCUT2D eigenvalue weighted by Crippen LogP contribution is -2.42. The van der Waals surface area contributed by atoms with Gasteiger partial charge in [0.25, 0.3) is 5.91 Å². The number of amides is 3. The lowest BCUT2D eigenvalue weighted by Gasteiger charge is -2.31. The van der Waals surface area contributed by atoms with E-state index in [2.05, 4.69) is 36.3 Å². The van der Waals surface area contributed by atoms with E-state index in [0.717, 1.165) is 51.9 Å². The Morgan fingerprint density at radius 2 is 1.20 bits per heavy atom. The fourth-order valence-corrected chi connectivity index (χ4v) is 5.02. The van der Waals surface area contributed by atoms with Crippen LogP contribution in [0.25, 0.3) is 0 Å². The van der Waals surface area contributed by atoms with Gasteiger partial charge in [-0.3, -0.25) is 4.79 Å². The smallest absolute Gasteiger partial charge is 0.271 e. The molecular formula is C17H34N4O2S2. The normalized spacial score (nSPS) is 17.4. The summed E-state index contributed by atoms with van der Waals surface area (Å²) in [5.41, 5.74) is -0.835. The molecule has 25 heavy (non-hydrogen) atoms. The van der Waals surface area contributed by atoms with Gasteiger partial charge in [-0.2, -0.15) is 4.31 Å². The molecule has 0 atom stereocenters. The fraction of sp³-hybridized carbons (Fsp3) is 0.882. The van der Waals surface area contributed by atoms with Crippen LogP contribution in [-0.2, 0) is 4.79 Å². The van der Waals surface area contributed by atoms with E-state index in [1.165, 1.54) is 28.6 Å². The molecule has 0 aromatic carbocycles. The molecule has 1 aliphatic heterocycles. The van der Waals surface area contributed by atoms with Crippen molar-refractivity contribution in [1.82, 2.24) is 17.2 Å². The molecule has 0 bridgehead atoms. The lowest BCUT2D eigenvalue weighted by atomic mass is 10.1. The SMILES string of the molecule is CCCN(CCC)SN1C(=O)N(SN(CCC)CCC)C(C)(C)C1=O. The summed E-state index contributed by atoms with van der Waals surface area (Å²) in [6.07, 6.45) is 4.02. The molecule has 0 N–H and O–H groups in total. The Kier molecular flexibility index (Phi) is 9.62. The predicted molar refractivity (Wildman–Crippen MR) is 108 cm³/mol. The van der Waals surface area contributed by atoms with E-state index in [9.17, 15) is 9.59 Å². The predicted octanol–water partition coefficient (Wildman–Crippen LogP) is 4.40. The maximum Gasteiger partial charge on any atom is 0.350 e. The third-order valence-corrected chi connectivity index (χ3v) is 6.30. The first-order chi connectivity index (χ1) is 11.8. The average Bonchev–Trinajstić information content (AvgIpc) is 2.70. The van der Waals surface area contributed by atoms with Gasteiger partial charge < -0.3 is 0 Å². The van der Waals surface area contributed by atoms with E-state index < -0.39 is 5.54 Å². The second kappa shape index (κ2) is 10.6. The van der Waals surface area contributed by atoms with Crippen LogP contribution in [0, 0.1) is 0 Å². The van der Waals surface area contributed by atoms with Crippen molar-refractivity contribution in [2.45, 2.75) is 72.8 Å². The number of hydrogen-bond donors (Lipinski definition) is 0. The largest absolute Gasteiger partial charge is 0.350 e. The van der Waals surface area contributed by atoms with E-state index in [4.69, 9.17) is 0 Å². The first kappa shape index (κ1) is 22.6. The Morgan fingerprint density at radius 3 is 1.60 bits per heavy atom. The number of carbonyl (C=O) groups is 2. The van der Waals surface area contributed by atoms with E-state index >= 15 is 0 Å². The quantitative estimate of drug-likeness (QED) is 0.364. The number of nitrogens with zero attached hydrogens (tertiary/aromatic N) is 4. The van der Waals surface area contributed by atoms with Crippen LogP contribution in [0.4, 0.5) is 4.79 Å². The minimum Gasteiger partial charge on any atom is -0.271 e. The van der Waals surface area contributed by atoms with Crippen molar-refractivity contribution in [2.24, 2.45) is 0 Å². The molecule has 1 aliphatic rings. The number of hydrogen-bond acceptors (Lipinski definition) is 6. The molecule has 1 fully saturated rings. The van der Waals surface area contributed by atoms with Crippen molar-refractivity contribution in [3.05, 3.63) is 0 Å². The monoisotopic (exact) mass is 390 g/mol. The topological polar surface area (TPSA) is 47.1 Å². The van der Waals surface area contributed by atoms with Crippen LogP contribution in [0.1, 0.15) is 67.2 Å². The Bertz CT molecular complexity index is 436. The molecule has 8 heteroatoms. The molecule has 1 saturated heterocycles. The van der Waals surface area contributed by atoms with Crippen molar-refractivity contribution < 1.29 is 9.59 Å². The fourth-order valence-electron chi connectivity index (χ4n) is 2.57. The summed E-state index contributed by atoms with van der Waals surface area (Å²) in [5.74, 6) is -0.139. The van der Waals surface area contributed by atoms with Gasteiger partial charge in [-0.05, 0) is 39.5 Å². The summed E-state index contributed by atoms with van der Waals surface area (Å²) in [4.78, 5) is 25.8. The summed E-state index contributed by atoms with van der Waals surface area (Å²) in [7, 11) is 0. The number of urea groups is 1. The van der Waals surface area contributed by atoms with Crippen molar-refractivity contribution in [1.29, 1.82) is 0 Å². The zero-order valence-electron chi connectivity index (χ0n) is 16.6. The molecule has 1 heterocycles. The summed E-state index contributed by atoms with van der Waals surface area (Å²) in [6.45, 7) is 15.7. The molecule has 0 unspecified atom stereocenters. The molecular weight excluding hydrogens is 356 g/mol. The van der Waals surface area contributed by atoms with Crippen molar-refractivity contribution in [3.63, 3.8) is 0 Å². The van der Waals surface area contributed by atoms with Gasteiger partial charge in [0.1, 0.15) is 5.54 Å². The number of carbonyl (C=O) groups excluding carboxylic acids is 2. The maximum absolute atomic E-state index is 13.0. The molecule has 0 aromatic heterocycles. The third-order valence-electron chi connectivity index (χ3n) is 3.85. The molecule has 0 aromatic rings. The summed E-state index contributed by atoms with van der Waals surface area (Å²) in [6, 6.07) is -0.223. The lowest BCUT2D eigenvalue weighted by molar-refractivity contribution is -0.127. The van der Waals surface area contributed by atoms with Crippen LogP contribution >= 0.6 is 24.3 Å². The Hall–Kier alpha value is -0.440. The highest BCUT2D eigenvalue weighted by Gasteiger charge is 2.53. The standard InChI is InChI=1S/C17H34N4O2S2/c1-7-11-18(12-8-2)24-20-15(22)17(5,6)21(16(20)23)25-19(13-9-3)14-10-4/h7-14H2,1-6H3. The molecule has 0 aliphatic carbocycles. The summed E-state index contributed by atoms with van der Waals surface area (Å²) < 4.78 is 7.27. The molecule has 0 saturated carbocycles. The Labute approximate surface area is 162 Å². The van der Waals surface area contributed by atoms with E-state index in [0.29, 0.717) is 0 Å². The van der Waals surface area contributed by atoms with Gasteiger partial charge in [-0.25, -0.2) is 17.7 Å². The van der Waals surface area contributed by atoms with Gasteiger partial charge in [-0.15, -0.1) is 0 Å². The molecule has 3 amide bonds. The summed E-state index contributed by atoms with van der Waals surface area (Å²) >= 11 is 2.67. The van der Waals surface area contributed by atoms with Gasteiger partial charge in [0.05, 0.1) is 12.1 Å². The van der Waals surface area contributed by atoms with Crippen LogP contribution < -0.4 is 0 Å². The molecule has 1 rings (SSSR count). The Balaban J connectivity index is 2.90. The van der Waals surface area contributed by atoms with Crippen LogP contribution in [0.15, 0.2) is 0 Å².